The highest BCUT2D eigenvalue weighted by atomic mass is 127. The third-order valence-electron chi connectivity index (χ3n) is 3.63. The van der Waals surface area contributed by atoms with Gasteiger partial charge in [-0.1, -0.05) is 0 Å². The molecular formula is C17H16IN3O3. The number of nitrogens with zero attached hydrogens (tertiary/aromatic N) is 3. The van der Waals surface area contributed by atoms with Gasteiger partial charge in [0.15, 0.2) is 0 Å². The fourth-order valence-electron chi connectivity index (χ4n) is 2.58. The molecule has 1 aromatic carbocycles. The number of fused-ring (bicyclic) bond motifs is 1. The van der Waals surface area contributed by atoms with Crippen molar-refractivity contribution in [3.05, 3.63) is 62.0 Å². The molecule has 0 amide bonds. The van der Waals surface area contributed by atoms with E-state index >= 15 is 0 Å². The first kappa shape index (κ1) is 16.7. The Labute approximate surface area is 152 Å². The van der Waals surface area contributed by atoms with Crippen LogP contribution in [0.3, 0.4) is 0 Å². The number of aromatic nitrogens is 3. The predicted octanol–water partition coefficient (Wildman–Crippen LogP) is 2.56. The second kappa shape index (κ2) is 6.76. The van der Waals surface area contributed by atoms with Gasteiger partial charge in [0.25, 0.3) is 0 Å². The zero-order valence-corrected chi connectivity index (χ0v) is 15.5. The number of imidazole rings is 1. The van der Waals surface area contributed by atoms with E-state index in [0.29, 0.717) is 11.9 Å². The number of pyridine rings is 1. The minimum absolute atomic E-state index is 0.0438. The van der Waals surface area contributed by atoms with Crippen molar-refractivity contribution in [1.29, 1.82) is 0 Å². The Hall–Kier alpha value is -2.16. The lowest BCUT2D eigenvalue weighted by Gasteiger charge is -2.12. The topological polar surface area (TPSA) is 66.1 Å². The molecule has 0 saturated heterocycles. The SMILES string of the molecule is CCOC(=O)c1cn(Cc2cn(C)cn2)c2ccc(I)cc2c1=O. The highest BCUT2D eigenvalue weighted by Gasteiger charge is 2.17. The first-order valence-corrected chi connectivity index (χ1v) is 8.54. The molecule has 6 nitrogen and oxygen atoms in total. The average Bonchev–Trinajstić information content (AvgIpc) is 2.95. The number of carbonyl (C=O) groups is 1. The molecular weight excluding hydrogens is 421 g/mol. The molecule has 124 valence electrons. The average molecular weight is 437 g/mol. The summed E-state index contributed by atoms with van der Waals surface area (Å²) in [5, 5.41) is 0.503. The van der Waals surface area contributed by atoms with Gasteiger partial charge in [0, 0.05) is 28.4 Å². The molecule has 24 heavy (non-hydrogen) atoms. The van der Waals surface area contributed by atoms with E-state index < -0.39 is 5.97 Å². The van der Waals surface area contributed by atoms with Crippen molar-refractivity contribution in [1.82, 2.24) is 14.1 Å². The van der Waals surface area contributed by atoms with Crippen LogP contribution in [0.2, 0.25) is 0 Å². The van der Waals surface area contributed by atoms with Crippen LogP contribution in [0.15, 0.2) is 41.7 Å². The lowest BCUT2D eigenvalue weighted by molar-refractivity contribution is 0.0524. The van der Waals surface area contributed by atoms with E-state index in [-0.39, 0.29) is 17.6 Å². The van der Waals surface area contributed by atoms with Crippen LogP contribution in [0.5, 0.6) is 0 Å². The molecule has 0 aliphatic heterocycles. The van der Waals surface area contributed by atoms with Gasteiger partial charge in [-0.3, -0.25) is 4.79 Å². The largest absolute Gasteiger partial charge is 0.462 e. The molecule has 0 atom stereocenters. The fraction of sp³-hybridized carbons (Fsp3) is 0.235. The van der Waals surface area contributed by atoms with Crippen molar-refractivity contribution in [2.45, 2.75) is 13.5 Å². The number of benzene rings is 1. The van der Waals surface area contributed by atoms with Crippen LogP contribution in [-0.2, 0) is 18.3 Å². The molecule has 0 saturated carbocycles. The Balaban J connectivity index is 2.20. The minimum atomic E-state index is -0.599. The van der Waals surface area contributed by atoms with Crippen molar-refractivity contribution < 1.29 is 9.53 Å². The van der Waals surface area contributed by atoms with Crippen LogP contribution in [0.25, 0.3) is 10.9 Å². The molecule has 0 unspecified atom stereocenters. The zero-order valence-electron chi connectivity index (χ0n) is 13.3. The normalized spacial score (nSPS) is 11.0. The van der Waals surface area contributed by atoms with Crippen molar-refractivity contribution in [3.63, 3.8) is 0 Å². The highest BCUT2D eigenvalue weighted by molar-refractivity contribution is 14.1. The monoisotopic (exact) mass is 437 g/mol. The summed E-state index contributed by atoms with van der Waals surface area (Å²) in [5.74, 6) is -0.599. The summed E-state index contributed by atoms with van der Waals surface area (Å²) in [6.45, 7) is 2.40. The van der Waals surface area contributed by atoms with Crippen LogP contribution in [0, 0.1) is 3.57 Å². The molecule has 3 rings (SSSR count). The van der Waals surface area contributed by atoms with Crippen molar-refractivity contribution in [2.75, 3.05) is 6.61 Å². The number of hydrogen-bond acceptors (Lipinski definition) is 4. The van der Waals surface area contributed by atoms with Crippen molar-refractivity contribution >= 4 is 39.5 Å². The second-order valence-electron chi connectivity index (χ2n) is 5.41. The fourth-order valence-corrected chi connectivity index (χ4v) is 3.07. The third kappa shape index (κ3) is 3.21. The van der Waals surface area contributed by atoms with E-state index in [0.717, 1.165) is 14.8 Å². The van der Waals surface area contributed by atoms with Gasteiger partial charge in [-0.05, 0) is 47.7 Å². The number of aryl methyl sites for hydroxylation is 1. The van der Waals surface area contributed by atoms with Crippen molar-refractivity contribution in [2.24, 2.45) is 7.05 Å². The summed E-state index contributed by atoms with van der Waals surface area (Å²) in [6, 6.07) is 5.60. The molecule has 0 radical (unpaired) electrons. The van der Waals surface area contributed by atoms with Gasteiger partial charge in [0.05, 0.1) is 30.7 Å². The Morgan fingerprint density at radius 1 is 1.33 bits per heavy atom. The maximum atomic E-state index is 12.7. The van der Waals surface area contributed by atoms with E-state index in [9.17, 15) is 9.59 Å². The molecule has 0 spiro atoms. The Bertz CT molecular complexity index is 975. The number of hydrogen-bond donors (Lipinski definition) is 0. The summed E-state index contributed by atoms with van der Waals surface area (Å²) in [7, 11) is 1.90. The van der Waals surface area contributed by atoms with Gasteiger partial charge in [-0.15, -0.1) is 0 Å². The number of carbonyl (C=O) groups excluding carboxylic acids is 1. The third-order valence-corrected chi connectivity index (χ3v) is 4.30. The molecule has 0 aliphatic rings. The molecule has 0 bridgehead atoms. The van der Waals surface area contributed by atoms with Crippen LogP contribution >= 0.6 is 22.6 Å². The number of rotatable bonds is 4. The van der Waals surface area contributed by atoms with Gasteiger partial charge >= 0.3 is 5.97 Å². The van der Waals surface area contributed by atoms with Gasteiger partial charge in [0.1, 0.15) is 5.56 Å². The second-order valence-corrected chi connectivity index (χ2v) is 6.66. The minimum Gasteiger partial charge on any atom is -0.462 e. The van der Waals surface area contributed by atoms with Crippen LogP contribution < -0.4 is 5.43 Å². The molecule has 7 heteroatoms. The van der Waals surface area contributed by atoms with Gasteiger partial charge in [-0.2, -0.15) is 0 Å². The summed E-state index contributed by atoms with van der Waals surface area (Å²) >= 11 is 2.15. The Morgan fingerprint density at radius 3 is 2.79 bits per heavy atom. The summed E-state index contributed by atoms with van der Waals surface area (Å²) in [4.78, 5) is 29.1. The van der Waals surface area contributed by atoms with Crippen molar-refractivity contribution in [3.8, 4) is 0 Å². The molecule has 3 aromatic rings. The number of ether oxygens (including phenoxy) is 1. The molecule has 0 fully saturated rings. The van der Waals surface area contributed by atoms with Gasteiger partial charge in [-0.25, -0.2) is 9.78 Å². The van der Waals surface area contributed by atoms with E-state index in [1.165, 1.54) is 0 Å². The first-order valence-electron chi connectivity index (χ1n) is 7.46. The van der Waals surface area contributed by atoms with E-state index in [2.05, 4.69) is 27.6 Å². The lowest BCUT2D eigenvalue weighted by Crippen LogP contribution is -2.21. The van der Waals surface area contributed by atoms with Gasteiger partial charge in [0.2, 0.25) is 5.43 Å². The molecule has 0 N–H and O–H groups in total. The van der Waals surface area contributed by atoms with E-state index in [1.54, 1.807) is 25.5 Å². The summed E-state index contributed by atoms with van der Waals surface area (Å²) in [6.07, 6.45) is 5.18. The molecule has 2 aromatic heterocycles. The lowest BCUT2D eigenvalue weighted by atomic mass is 10.1. The summed E-state index contributed by atoms with van der Waals surface area (Å²) in [5.41, 5.74) is 1.34. The van der Waals surface area contributed by atoms with Crippen LogP contribution in [0.1, 0.15) is 23.0 Å². The number of esters is 1. The molecule has 2 heterocycles. The van der Waals surface area contributed by atoms with Gasteiger partial charge < -0.3 is 13.9 Å². The Morgan fingerprint density at radius 2 is 2.12 bits per heavy atom. The maximum absolute atomic E-state index is 12.7. The zero-order chi connectivity index (χ0) is 17.3. The smallest absolute Gasteiger partial charge is 0.343 e. The maximum Gasteiger partial charge on any atom is 0.343 e. The Kier molecular flexibility index (Phi) is 4.70. The predicted molar refractivity (Wildman–Crippen MR) is 99.2 cm³/mol. The highest BCUT2D eigenvalue weighted by Crippen LogP contribution is 2.17. The quantitative estimate of drug-likeness (QED) is 0.465. The standard InChI is InChI=1S/C17H16IN3O3/c1-3-24-17(23)14-9-21(8-12-7-20(2)10-19-12)15-5-4-11(18)6-13(15)16(14)22/h4-7,9-10H,3,8H2,1-2H3. The van der Waals surface area contributed by atoms with Crippen LogP contribution in [0.4, 0.5) is 0 Å². The first-order chi connectivity index (χ1) is 11.5. The molecule has 0 aliphatic carbocycles. The van der Waals surface area contributed by atoms with E-state index in [4.69, 9.17) is 4.74 Å². The van der Waals surface area contributed by atoms with E-state index in [1.807, 2.05) is 34.5 Å². The number of halogens is 1. The van der Waals surface area contributed by atoms with Crippen LogP contribution in [-0.4, -0.2) is 26.7 Å². The summed E-state index contributed by atoms with van der Waals surface area (Å²) < 4.78 is 9.68.